The van der Waals surface area contributed by atoms with Gasteiger partial charge in [0.15, 0.2) is 5.96 Å². The first-order chi connectivity index (χ1) is 12.8. The van der Waals surface area contributed by atoms with Crippen LogP contribution in [0.25, 0.3) is 0 Å². The maximum atomic E-state index is 4.47. The lowest BCUT2D eigenvalue weighted by atomic mass is 10.3. The lowest BCUT2D eigenvalue weighted by molar-refractivity contribution is 0.173. The highest BCUT2D eigenvalue weighted by Crippen LogP contribution is 2.13. The van der Waals surface area contributed by atoms with Crippen molar-refractivity contribution >= 4 is 41.3 Å². The third-order valence-corrected chi connectivity index (χ3v) is 5.74. The Bertz CT molecular complexity index is 676. The van der Waals surface area contributed by atoms with Crippen LogP contribution in [0.1, 0.15) is 23.5 Å². The van der Waals surface area contributed by atoms with E-state index in [0.29, 0.717) is 0 Å². The summed E-state index contributed by atoms with van der Waals surface area (Å²) in [6.07, 6.45) is 6.20. The molecule has 3 heterocycles. The molecule has 2 aromatic heterocycles. The highest BCUT2D eigenvalue weighted by atomic mass is 127. The molecule has 0 bridgehead atoms. The van der Waals surface area contributed by atoms with Crippen molar-refractivity contribution in [2.24, 2.45) is 4.99 Å². The van der Waals surface area contributed by atoms with E-state index in [1.807, 2.05) is 24.6 Å². The third kappa shape index (κ3) is 6.76. The molecule has 0 aromatic carbocycles. The molecule has 0 saturated carbocycles. The number of thiophene rings is 1. The fraction of sp³-hybridized carbons (Fsp3) is 0.579. The van der Waals surface area contributed by atoms with E-state index in [4.69, 9.17) is 0 Å². The zero-order chi connectivity index (χ0) is 18.2. The van der Waals surface area contributed by atoms with E-state index in [9.17, 15) is 0 Å². The molecule has 1 N–H and O–H groups in total. The molecule has 1 aliphatic rings. The summed E-state index contributed by atoms with van der Waals surface area (Å²) in [5.74, 6) is 2.13. The molecule has 6 nitrogen and oxygen atoms in total. The molecular formula is C19H31IN6S. The second-order valence-corrected chi connectivity index (χ2v) is 7.72. The molecule has 1 aliphatic heterocycles. The van der Waals surface area contributed by atoms with Crippen molar-refractivity contribution in [1.82, 2.24) is 24.7 Å². The molecule has 0 spiro atoms. The number of rotatable bonds is 7. The van der Waals surface area contributed by atoms with Crippen LogP contribution in [0.4, 0.5) is 0 Å². The highest BCUT2D eigenvalue weighted by Gasteiger charge is 2.19. The van der Waals surface area contributed by atoms with Gasteiger partial charge in [0.1, 0.15) is 5.82 Å². The first-order valence-electron chi connectivity index (χ1n) is 9.44. The maximum Gasteiger partial charge on any atom is 0.193 e. The molecule has 0 aliphatic carbocycles. The molecular weight excluding hydrogens is 471 g/mol. The van der Waals surface area contributed by atoms with Crippen LogP contribution in [-0.4, -0.2) is 65.1 Å². The van der Waals surface area contributed by atoms with Crippen LogP contribution in [0.2, 0.25) is 0 Å². The molecule has 8 heteroatoms. The highest BCUT2D eigenvalue weighted by molar-refractivity contribution is 14.0. The van der Waals surface area contributed by atoms with Gasteiger partial charge in [0.05, 0.1) is 0 Å². The normalized spacial score (nSPS) is 15.6. The molecule has 0 radical (unpaired) electrons. The predicted molar refractivity (Wildman–Crippen MR) is 124 cm³/mol. The molecule has 150 valence electrons. The summed E-state index contributed by atoms with van der Waals surface area (Å²) in [6, 6.07) is 4.36. The Labute approximate surface area is 183 Å². The summed E-state index contributed by atoms with van der Waals surface area (Å²) >= 11 is 1.85. The summed E-state index contributed by atoms with van der Waals surface area (Å²) in [5.41, 5.74) is 0. The van der Waals surface area contributed by atoms with Gasteiger partial charge < -0.3 is 14.8 Å². The van der Waals surface area contributed by atoms with E-state index in [-0.39, 0.29) is 24.0 Å². The minimum absolute atomic E-state index is 0. The van der Waals surface area contributed by atoms with Crippen LogP contribution in [0.3, 0.4) is 0 Å². The van der Waals surface area contributed by atoms with Crippen molar-refractivity contribution in [3.05, 3.63) is 40.6 Å². The first kappa shape index (κ1) is 22.2. The van der Waals surface area contributed by atoms with E-state index in [1.165, 1.54) is 4.88 Å². The van der Waals surface area contributed by atoms with Gasteiger partial charge in [-0.3, -0.25) is 9.89 Å². The first-order valence-corrected chi connectivity index (χ1v) is 10.3. The Kier molecular flexibility index (Phi) is 9.57. The SMILES string of the molecule is CN=C(NCCCCn1ccnc1C)N1CCN(Cc2cccs2)CC1.I. The number of hydrogen-bond donors (Lipinski definition) is 1. The molecule has 3 rings (SSSR count). The number of aliphatic imine (C=N–C) groups is 1. The molecule has 27 heavy (non-hydrogen) atoms. The van der Waals surface area contributed by atoms with Crippen LogP contribution < -0.4 is 5.32 Å². The zero-order valence-corrected chi connectivity index (χ0v) is 19.5. The summed E-state index contributed by atoms with van der Waals surface area (Å²) in [4.78, 5) is 15.1. The quantitative estimate of drug-likeness (QED) is 0.274. The van der Waals surface area contributed by atoms with Crippen molar-refractivity contribution in [1.29, 1.82) is 0 Å². The van der Waals surface area contributed by atoms with E-state index in [1.54, 1.807) is 0 Å². The van der Waals surface area contributed by atoms with Crippen LogP contribution in [0.15, 0.2) is 34.9 Å². The number of unbranched alkanes of at least 4 members (excludes halogenated alkanes) is 1. The fourth-order valence-corrected chi connectivity index (χ4v) is 4.07. The van der Waals surface area contributed by atoms with Crippen molar-refractivity contribution in [3.63, 3.8) is 0 Å². The predicted octanol–water partition coefficient (Wildman–Crippen LogP) is 3.04. The molecule has 0 amide bonds. The minimum Gasteiger partial charge on any atom is -0.356 e. The average molecular weight is 502 g/mol. The smallest absolute Gasteiger partial charge is 0.193 e. The lowest BCUT2D eigenvalue weighted by Crippen LogP contribution is -2.52. The zero-order valence-electron chi connectivity index (χ0n) is 16.3. The van der Waals surface area contributed by atoms with Crippen molar-refractivity contribution in [3.8, 4) is 0 Å². The molecule has 0 atom stereocenters. The van der Waals surface area contributed by atoms with Gasteiger partial charge in [0, 0.05) is 70.1 Å². The third-order valence-electron chi connectivity index (χ3n) is 4.88. The Morgan fingerprint density at radius 2 is 2.07 bits per heavy atom. The largest absolute Gasteiger partial charge is 0.356 e. The summed E-state index contributed by atoms with van der Waals surface area (Å²) in [7, 11) is 1.88. The molecule has 2 aromatic rings. The number of halogens is 1. The van der Waals surface area contributed by atoms with Gasteiger partial charge in [-0.25, -0.2) is 4.98 Å². The number of nitrogens with one attached hydrogen (secondary N) is 1. The lowest BCUT2D eigenvalue weighted by Gasteiger charge is -2.36. The molecule has 0 unspecified atom stereocenters. The van der Waals surface area contributed by atoms with Gasteiger partial charge in [-0.15, -0.1) is 35.3 Å². The summed E-state index contributed by atoms with van der Waals surface area (Å²) < 4.78 is 2.21. The Balaban J connectivity index is 0.00000261. The van der Waals surface area contributed by atoms with Gasteiger partial charge in [-0.2, -0.15) is 0 Å². The monoisotopic (exact) mass is 502 g/mol. The van der Waals surface area contributed by atoms with Crippen LogP contribution in [-0.2, 0) is 13.1 Å². The van der Waals surface area contributed by atoms with Gasteiger partial charge in [-0.1, -0.05) is 6.07 Å². The topological polar surface area (TPSA) is 48.7 Å². The van der Waals surface area contributed by atoms with Crippen LogP contribution >= 0.6 is 35.3 Å². The maximum absolute atomic E-state index is 4.47. The van der Waals surface area contributed by atoms with Crippen LogP contribution in [0.5, 0.6) is 0 Å². The number of guanidine groups is 1. The number of hydrogen-bond acceptors (Lipinski definition) is 4. The molecule has 1 fully saturated rings. The number of nitrogens with zero attached hydrogens (tertiary/aromatic N) is 5. The average Bonchev–Trinajstić information content (AvgIpc) is 3.31. The Morgan fingerprint density at radius 1 is 1.26 bits per heavy atom. The fourth-order valence-electron chi connectivity index (χ4n) is 3.32. The summed E-state index contributed by atoms with van der Waals surface area (Å²) in [5, 5.41) is 5.69. The van der Waals surface area contributed by atoms with Gasteiger partial charge in [-0.05, 0) is 31.2 Å². The van der Waals surface area contributed by atoms with Crippen molar-refractivity contribution < 1.29 is 0 Å². The Morgan fingerprint density at radius 3 is 2.70 bits per heavy atom. The second-order valence-electron chi connectivity index (χ2n) is 6.69. The van der Waals surface area contributed by atoms with E-state index < -0.39 is 0 Å². The number of aromatic nitrogens is 2. The molecule has 1 saturated heterocycles. The van der Waals surface area contributed by atoms with E-state index >= 15 is 0 Å². The minimum atomic E-state index is 0. The number of piperazine rings is 1. The van der Waals surface area contributed by atoms with Gasteiger partial charge in [0.2, 0.25) is 0 Å². The van der Waals surface area contributed by atoms with Crippen molar-refractivity contribution in [2.45, 2.75) is 32.9 Å². The van der Waals surface area contributed by atoms with E-state index in [2.05, 4.69) is 60.3 Å². The Hall–Kier alpha value is -1.13. The van der Waals surface area contributed by atoms with Gasteiger partial charge >= 0.3 is 0 Å². The van der Waals surface area contributed by atoms with E-state index in [0.717, 1.165) is 70.4 Å². The standard InChI is InChI=1S/C19H30N6S.HI/c1-17-21-8-10-24(17)9-4-3-7-22-19(20-2)25-13-11-23(12-14-25)16-18-6-5-15-26-18;/h5-6,8,10,15H,3-4,7,9,11-14,16H2,1-2H3,(H,20,22);1H. The number of aryl methyl sites for hydroxylation is 2. The summed E-state index contributed by atoms with van der Waals surface area (Å²) in [6.45, 7) is 9.41. The number of imidazole rings is 1. The van der Waals surface area contributed by atoms with Crippen molar-refractivity contribution in [2.75, 3.05) is 39.8 Å². The van der Waals surface area contributed by atoms with Gasteiger partial charge in [0.25, 0.3) is 0 Å². The van der Waals surface area contributed by atoms with Crippen LogP contribution in [0, 0.1) is 6.92 Å². The second kappa shape index (κ2) is 11.7.